The molecule has 0 aliphatic carbocycles. The zero-order valence-electron chi connectivity index (χ0n) is 15.9. The first-order valence-electron chi connectivity index (χ1n) is 8.70. The number of hydrogen-bond donors (Lipinski definition) is 2. The van der Waals surface area contributed by atoms with Gasteiger partial charge in [-0.1, -0.05) is 11.6 Å². The van der Waals surface area contributed by atoms with Crippen LogP contribution < -0.4 is 11.1 Å². The van der Waals surface area contributed by atoms with E-state index in [0.29, 0.717) is 35.9 Å². The molecule has 0 saturated carbocycles. The van der Waals surface area contributed by atoms with Crippen LogP contribution in [0.15, 0.2) is 30.0 Å². The third kappa shape index (κ3) is 6.12. The molecular formula is C18H24ClN5O3S. The molecule has 3 N–H and O–H groups in total. The fourth-order valence-electron chi connectivity index (χ4n) is 2.81. The monoisotopic (exact) mass is 425 g/mol. The number of nitrogens with one attached hydrogen (secondary N) is 1. The second-order valence-corrected chi connectivity index (χ2v) is 9.58. The molecule has 1 atom stereocenters. The number of nitrogen functional groups attached to an aromatic ring is 1. The minimum atomic E-state index is -3.09. The van der Waals surface area contributed by atoms with E-state index in [2.05, 4.69) is 5.32 Å². The fourth-order valence-corrected chi connectivity index (χ4v) is 4.74. The molecule has 1 saturated heterocycles. The summed E-state index contributed by atoms with van der Waals surface area (Å²) in [6.07, 6.45) is 1.92. The maximum Gasteiger partial charge on any atom is 0.267 e. The van der Waals surface area contributed by atoms with Crippen molar-refractivity contribution in [3.05, 3.63) is 35.0 Å². The first kappa shape index (κ1) is 22.0. The van der Waals surface area contributed by atoms with Gasteiger partial charge in [-0.2, -0.15) is 5.26 Å². The average molecular weight is 426 g/mol. The Morgan fingerprint density at radius 2 is 2.14 bits per heavy atom. The molecule has 152 valence electrons. The van der Waals surface area contributed by atoms with Crippen molar-refractivity contribution in [2.24, 2.45) is 0 Å². The lowest BCUT2D eigenvalue weighted by molar-refractivity contribution is -0.112. The van der Waals surface area contributed by atoms with E-state index in [0.717, 1.165) is 0 Å². The number of rotatable bonds is 7. The maximum atomic E-state index is 12.5. The highest BCUT2D eigenvalue weighted by atomic mass is 35.5. The topological polar surface area (TPSA) is 120 Å². The third-order valence-electron chi connectivity index (χ3n) is 4.40. The highest BCUT2D eigenvalue weighted by Crippen LogP contribution is 2.23. The quantitative estimate of drug-likeness (QED) is 0.384. The summed E-state index contributed by atoms with van der Waals surface area (Å²) < 4.78 is 23.7. The van der Waals surface area contributed by atoms with Crippen LogP contribution >= 0.6 is 11.6 Å². The predicted octanol–water partition coefficient (Wildman–Crippen LogP) is 1.32. The number of nitrogens with zero attached hydrogens (tertiary/aromatic N) is 3. The Bertz CT molecular complexity index is 908. The van der Waals surface area contributed by atoms with Crippen molar-refractivity contribution in [3.8, 4) is 6.07 Å². The van der Waals surface area contributed by atoms with Crippen LogP contribution in [-0.2, 0) is 14.6 Å². The molecule has 1 aromatic carbocycles. The average Bonchev–Trinajstić information content (AvgIpc) is 2.98. The smallest absolute Gasteiger partial charge is 0.267 e. The zero-order chi connectivity index (χ0) is 20.9. The number of nitrogens with two attached hydrogens (primary N) is 1. The highest BCUT2D eigenvalue weighted by molar-refractivity contribution is 7.91. The molecule has 8 nitrogen and oxygen atoms in total. The number of hydrogen-bond acceptors (Lipinski definition) is 7. The summed E-state index contributed by atoms with van der Waals surface area (Å²) in [6.45, 7) is 1.15. The van der Waals surface area contributed by atoms with Crippen LogP contribution in [0.1, 0.15) is 6.42 Å². The minimum absolute atomic E-state index is 0.0187. The van der Waals surface area contributed by atoms with Gasteiger partial charge >= 0.3 is 0 Å². The Labute approximate surface area is 170 Å². The number of halogens is 1. The predicted molar refractivity (Wildman–Crippen MR) is 111 cm³/mol. The Morgan fingerprint density at radius 1 is 1.43 bits per heavy atom. The van der Waals surface area contributed by atoms with Crippen LogP contribution in [0.4, 0.5) is 11.4 Å². The lowest BCUT2D eigenvalue weighted by Crippen LogP contribution is -2.37. The van der Waals surface area contributed by atoms with Gasteiger partial charge in [-0.3, -0.25) is 4.79 Å². The number of amides is 1. The van der Waals surface area contributed by atoms with Crippen LogP contribution in [0.2, 0.25) is 5.02 Å². The van der Waals surface area contributed by atoms with Crippen molar-refractivity contribution >= 4 is 38.7 Å². The molecule has 28 heavy (non-hydrogen) atoms. The van der Waals surface area contributed by atoms with Gasteiger partial charge in [0.15, 0.2) is 9.84 Å². The molecule has 0 spiro atoms. The minimum Gasteiger partial charge on any atom is -0.398 e. The van der Waals surface area contributed by atoms with Crippen molar-refractivity contribution in [1.82, 2.24) is 9.80 Å². The van der Waals surface area contributed by atoms with E-state index in [1.807, 2.05) is 25.1 Å². The van der Waals surface area contributed by atoms with Crippen molar-refractivity contribution in [2.75, 3.05) is 49.7 Å². The fraction of sp³-hybridized carbons (Fsp3) is 0.444. The van der Waals surface area contributed by atoms with Crippen molar-refractivity contribution < 1.29 is 13.2 Å². The number of anilines is 2. The van der Waals surface area contributed by atoms with E-state index in [-0.39, 0.29) is 23.1 Å². The Kier molecular flexibility index (Phi) is 7.29. The Balaban J connectivity index is 2.21. The maximum absolute atomic E-state index is 12.5. The third-order valence-corrected chi connectivity index (χ3v) is 6.48. The van der Waals surface area contributed by atoms with Crippen LogP contribution in [0.5, 0.6) is 0 Å². The van der Waals surface area contributed by atoms with Gasteiger partial charge in [0.25, 0.3) is 5.91 Å². The Morgan fingerprint density at radius 3 is 2.68 bits per heavy atom. The summed E-state index contributed by atoms with van der Waals surface area (Å²) in [5, 5.41) is 12.4. The highest BCUT2D eigenvalue weighted by Gasteiger charge is 2.31. The molecule has 0 aromatic heterocycles. The van der Waals surface area contributed by atoms with E-state index in [9.17, 15) is 18.5 Å². The first-order valence-corrected chi connectivity index (χ1v) is 10.9. The van der Waals surface area contributed by atoms with Gasteiger partial charge in [0, 0.05) is 31.0 Å². The summed E-state index contributed by atoms with van der Waals surface area (Å²) in [4.78, 5) is 16.3. The first-order chi connectivity index (χ1) is 13.1. The number of sulfone groups is 1. The normalized spacial score (nSPS) is 18.7. The molecule has 1 amide bonds. The molecule has 1 aliphatic rings. The van der Waals surface area contributed by atoms with E-state index in [4.69, 9.17) is 17.3 Å². The largest absolute Gasteiger partial charge is 0.398 e. The zero-order valence-corrected chi connectivity index (χ0v) is 17.4. The van der Waals surface area contributed by atoms with Crippen LogP contribution in [0.3, 0.4) is 0 Å². The van der Waals surface area contributed by atoms with Crippen LogP contribution in [0, 0.1) is 11.3 Å². The number of benzene rings is 1. The summed E-state index contributed by atoms with van der Waals surface area (Å²) >= 11 is 5.95. The number of likely N-dealkylation sites (N-methyl/N-ethyl adjacent to an activating group) is 1. The van der Waals surface area contributed by atoms with Crippen molar-refractivity contribution in [1.29, 1.82) is 5.26 Å². The molecule has 2 rings (SSSR count). The number of carbonyl (C=O) groups excluding carboxylic acids is 1. The van der Waals surface area contributed by atoms with E-state index < -0.39 is 15.7 Å². The molecule has 0 bridgehead atoms. The lowest BCUT2D eigenvalue weighted by atomic mass is 10.2. The molecule has 1 fully saturated rings. The molecule has 10 heteroatoms. The molecule has 1 heterocycles. The molecular weight excluding hydrogens is 402 g/mol. The van der Waals surface area contributed by atoms with E-state index in [1.165, 1.54) is 12.3 Å². The lowest BCUT2D eigenvalue weighted by Gasteiger charge is -2.28. The molecule has 1 aromatic rings. The molecule has 1 aliphatic heterocycles. The van der Waals surface area contributed by atoms with Gasteiger partial charge in [-0.05, 0) is 38.7 Å². The second-order valence-electron chi connectivity index (χ2n) is 6.94. The summed E-state index contributed by atoms with van der Waals surface area (Å²) in [6, 6.07) is 6.28. The summed E-state index contributed by atoms with van der Waals surface area (Å²) in [5.41, 5.74) is 6.33. The number of nitriles is 1. The summed E-state index contributed by atoms with van der Waals surface area (Å²) in [7, 11) is 0.704. The Hall–Kier alpha value is -2.28. The van der Waals surface area contributed by atoms with Gasteiger partial charge in [-0.25, -0.2) is 8.42 Å². The van der Waals surface area contributed by atoms with Crippen molar-refractivity contribution in [2.45, 2.75) is 12.5 Å². The van der Waals surface area contributed by atoms with Crippen molar-refractivity contribution in [3.63, 3.8) is 0 Å². The van der Waals surface area contributed by atoms with E-state index >= 15 is 0 Å². The van der Waals surface area contributed by atoms with E-state index in [1.54, 1.807) is 17.0 Å². The molecule has 1 unspecified atom stereocenters. The van der Waals surface area contributed by atoms with Gasteiger partial charge < -0.3 is 20.9 Å². The van der Waals surface area contributed by atoms with Gasteiger partial charge in [-0.15, -0.1) is 0 Å². The van der Waals surface area contributed by atoms with Gasteiger partial charge in [0.05, 0.1) is 22.2 Å². The van der Waals surface area contributed by atoms with Gasteiger partial charge in [0.1, 0.15) is 11.6 Å². The summed E-state index contributed by atoms with van der Waals surface area (Å²) in [5.74, 6) is -0.466. The second kappa shape index (κ2) is 9.28. The van der Waals surface area contributed by atoms with Crippen LogP contribution in [-0.4, -0.2) is 68.9 Å². The van der Waals surface area contributed by atoms with Gasteiger partial charge in [0.2, 0.25) is 0 Å². The SMILES string of the molecule is CN(C)CCN(/C=C(/C#N)C(=O)Nc1ccc(N)c(Cl)c1)C1CCS(=O)(=O)C1. The van der Waals surface area contributed by atoms with Crippen LogP contribution in [0.25, 0.3) is 0 Å². The number of carbonyl (C=O) groups is 1. The standard InChI is InChI=1S/C18H24ClN5O3S/c1-23(2)6-7-24(15-5-8-28(26,27)12-15)11-13(10-20)18(25)22-14-3-4-17(21)16(19)9-14/h3-4,9,11,15H,5-8,12,21H2,1-2H3,(H,22,25)/b13-11-. The molecule has 0 radical (unpaired) electrons.